The van der Waals surface area contributed by atoms with Crippen LogP contribution >= 0.6 is 11.3 Å². The molecule has 1 N–H and O–H groups in total. The maximum Gasteiger partial charge on any atom is 0.263 e. The minimum absolute atomic E-state index is 0.0344. The molecule has 3 amide bonds. The summed E-state index contributed by atoms with van der Waals surface area (Å²) in [4.78, 5) is 41.8. The molecule has 2 atom stereocenters. The predicted molar refractivity (Wildman–Crippen MR) is 113 cm³/mol. The number of fused-ring (bicyclic) bond motifs is 1. The van der Waals surface area contributed by atoms with Gasteiger partial charge in [-0.3, -0.25) is 14.4 Å². The highest BCUT2D eigenvalue weighted by Crippen LogP contribution is 2.32. The summed E-state index contributed by atoms with van der Waals surface area (Å²) in [6, 6.07) is 11.0. The lowest BCUT2D eigenvalue weighted by Crippen LogP contribution is -2.56. The van der Waals surface area contributed by atoms with Crippen LogP contribution < -0.4 is 5.32 Å². The van der Waals surface area contributed by atoms with E-state index in [1.54, 1.807) is 24.3 Å². The van der Waals surface area contributed by atoms with Crippen LogP contribution in [0.25, 0.3) is 0 Å². The van der Waals surface area contributed by atoms with Crippen LogP contribution in [-0.2, 0) is 4.79 Å². The van der Waals surface area contributed by atoms with E-state index < -0.39 is 0 Å². The third kappa shape index (κ3) is 4.19. The summed E-state index contributed by atoms with van der Waals surface area (Å²) < 4.78 is 0. The number of piperidine rings is 2. The maximum absolute atomic E-state index is 13.1. The minimum atomic E-state index is -0.133. The first-order valence-corrected chi connectivity index (χ1v) is 10.9. The van der Waals surface area contributed by atoms with E-state index in [1.807, 2.05) is 27.3 Å². The van der Waals surface area contributed by atoms with Gasteiger partial charge in [-0.05, 0) is 60.9 Å². The third-order valence-corrected chi connectivity index (χ3v) is 6.66. The summed E-state index contributed by atoms with van der Waals surface area (Å²) in [5, 5.41) is 4.65. The van der Waals surface area contributed by atoms with E-state index in [1.165, 1.54) is 18.3 Å². The molecule has 4 rings (SSSR count). The number of carbonyl (C=O) groups excluding carboxylic acids is 3. The third-order valence-electron chi connectivity index (χ3n) is 5.80. The Morgan fingerprint density at radius 2 is 1.83 bits per heavy atom. The molecule has 7 heteroatoms. The van der Waals surface area contributed by atoms with Crippen molar-refractivity contribution in [3.8, 4) is 0 Å². The van der Waals surface area contributed by atoms with Gasteiger partial charge in [-0.15, -0.1) is 11.3 Å². The van der Waals surface area contributed by atoms with Gasteiger partial charge in [0, 0.05) is 43.9 Å². The highest BCUT2D eigenvalue weighted by molar-refractivity contribution is 7.12. The molecule has 3 heterocycles. The second-order valence-corrected chi connectivity index (χ2v) is 8.69. The van der Waals surface area contributed by atoms with Crippen LogP contribution in [0.2, 0.25) is 0 Å². The van der Waals surface area contributed by atoms with Crippen LogP contribution in [0.1, 0.15) is 46.2 Å². The van der Waals surface area contributed by atoms with Crippen molar-refractivity contribution in [1.29, 1.82) is 0 Å². The molecule has 2 aliphatic rings. The predicted octanol–water partition coefficient (Wildman–Crippen LogP) is 3.47. The molecule has 0 radical (unpaired) electrons. The molecule has 0 spiro atoms. The molecule has 2 aliphatic heterocycles. The molecule has 2 aromatic rings. The number of rotatable bonds is 3. The van der Waals surface area contributed by atoms with E-state index >= 15 is 0 Å². The Labute approximate surface area is 174 Å². The van der Waals surface area contributed by atoms with E-state index in [-0.39, 0.29) is 23.8 Å². The second kappa shape index (κ2) is 8.37. The molecule has 6 nitrogen and oxygen atoms in total. The van der Waals surface area contributed by atoms with Crippen molar-refractivity contribution in [2.75, 3.05) is 25.0 Å². The molecule has 0 unspecified atom stereocenters. The van der Waals surface area contributed by atoms with Crippen molar-refractivity contribution in [3.63, 3.8) is 0 Å². The number of nitrogens with one attached hydrogen (secondary N) is 1. The number of nitrogens with zero attached hydrogens (tertiary/aromatic N) is 2. The lowest BCUT2D eigenvalue weighted by molar-refractivity contribution is -0.114. The van der Waals surface area contributed by atoms with Gasteiger partial charge >= 0.3 is 0 Å². The molecular formula is C22H25N3O3S. The number of thiophene rings is 1. The number of carbonyl (C=O) groups is 3. The van der Waals surface area contributed by atoms with Crippen LogP contribution in [0.5, 0.6) is 0 Å². The van der Waals surface area contributed by atoms with Crippen LogP contribution in [0.15, 0.2) is 41.8 Å². The first-order valence-electron chi connectivity index (χ1n) is 10.0. The van der Waals surface area contributed by atoms with Crippen molar-refractivity contribution < 1.29 is 14.4 Å². The monoisotopic (exact) mass is 411 g/mol. The summed E-state index contributed by atoms with van der Waals surface area (Å²) in [5.74, 6) is 0.332. The number of likely N-dealkylation sites (tertiary alicyclic amines) is 2. The van der Waals surface area contributed by atoms with Crippen LogP contribution in [0.3, 0.4) is 0 Å². The van der Waals surface area contributed by atoms with Gasteiger partial charge in [0.05, 0.1) is 4.88 Å². The van der Waals surface area contributed by atoms with Gasteiger partial charge in [0.15, 0.2) is 0 Å². The van der Waals surface area contributed by atoms with Gasteiger partial charge < -0.3 is 15.1 Å². The highest BCUT2D eigenvalue weighted by Gasteiger charge is 2.39. The Kier molecular flexibility index (Phi) is 5.67. The molecule has 0 bridgehead atoms. The van der Waals surface area contributed by atoms with Crippen molar-refractivity contribution in [2.24, 2.45) is 5.92 Å². The molecule has 0 aliphatic carbocycles. The van der Waals surface area contributed by atoms with Gasteiger partial charge in [0.1, 0.15) is 0 Å². The smallest absolute Gasteiger partial charge is 0.263 e. The van der Waals surface area contributed by atoms with E-state index in [2.05, 4.69) is 5.32 Å². The van der Waals surface area contributed by atoms with Gasteiger partial charge in [-0.25, -0.2) is 0 Å². The Morgan fingerprint density at radius 3 is 2.52 bits per heavy atom. The van der Waals surface area contributed by atoms with Gasteiger partial charge in [0.25, 0.3) is 11.8 Å². The van der Waals surface area contributed by atoms with E-state index in [9.17, 15) is 14.4 Å². The summed E-state index contributed by atoms with van der Waals surface area (Å²) in [7, 11) is 0. The Bertz CT molecular complexity index is 895. The molecular weight excluding hydrogens is 386 g/mol. The fourth-order valence-electron chi connectivity index (χ4n) is 4.46. The molecule has 152 valence electrons. The normalized spacial score (nSPS) is 21.4. The fraction of sp³-hybridized carbons (Fsp3) is 0.409. The topological polar surface area (TPSA) is 69.7 Å². The zero-order valence-corrected chi connectivity index (χ0v) is 17.3. The zero-order valence-electron chi connectivity index (χ0n) is 16.5. The lowest BCUT2D eigenvalue weighted by atomic mass is 9.83. The summed E-state index contributed by atoms with van der Waals surface area (Å²) >= 11 is 1.48. The molecule has 29 heavy (non-hydrogen) atoms. The zero-order chi connectivity index (χ0) is 20.4. The molecule has 2 fully saturated rings. The van der Waals surface area contributed by atoms with Crippen LogP contribution in [0, 0.1) is 5.92 Å². The molecule has 1 aromatic carbocycles. The summed E-state index contributed by atoms with van der Waals surface area (Å²) in [6.45, 7) is 3.62. The van der Waals surface area contributed by atoms with Crippen molar-refractivity contribution in [2.45, 2.75) is 32.2 Å². The van der Waals surface area contributed by atoms with E-state index in [0.29, 0.717) is 30.3 Å². The van der Waals surface area contributed by atoms with Crippen molar-refractivity contribution >= 4 is 34.7 Å². The summed E-state index contributed by atoms with van der Waals surface area (Å²) in [5.41, 5.74) is 1.32. The van der Waals surface area contributed by atoms with Gasteiger partial charge in [0.2, 0.25) is 5.91 Å². The van der Waals surface area contributed by atoms with Crippen molar-refractivity contribution in [3.05, 3.63) is 52.2 Å². The van der Waals surface area contributed by atoms with Gasteiger partial charge in [-0.1, -0.05) is 6.07 Å². The number of hydrogen-bond acceptors (Lipinski definition) is 4. The first-order chi connectivity index (χ1) is 14.0. The molecule has 0 saturated carbocycles. The Balaban J connectivity index is 1.44. The fourth-order valence-corrected chi connectivity index (χ4v) is 5.15. The SMILES string of the molecule is CC(=O)Nc1ccc(C(=O)N2CCC[C@@H]3CN(C(=O)c4cccs4)CC[C@@H]32)cc1. The summed E-state index contributed by atoms with van der Waals surface area (Å²) in [6.07, 6.45) is 2.82. The average Bonchev–Trinajstić information content (AvgIpc) is 3.27. The number of hydrogen-bond donors (Lipinski definition) is 1. The largest absolute Gasteiger partial charge is 0.338 e. The van der Waals surface area contributed by atoms with Crippen molar-refractivity contribution in [1.82, 2.24) is 9.80 Å². The van der Waals surface area contributed by atoms with Gasteiger partial charge in [-0.2, -0.15) is 0 Å². The number of benzene rings is 1. The maximum atomic E-state index is 13.1. The average molecular weight is 412 g/mol. The van der Waals surface area contributed by atoms with Crippen LogP contribution in [-0.4, -0.2) is 53.2 Å². The van der Waals surface area contributed by atoms with Crippen LogP contribution in [0.4, 0.5) is 5.69 Å². The second-order valence-electron chi connectivity index (χ2n) is 7.74. The lowest BCUT2D eigenvalue weighted by Gasteiger charge is -2.47. The Morgan fingerprint density at radius 1 is 1.03 bits per heavy atom. The quantitative estimate of drug-likeness (QED) is 0.841. The Hall–Kier alpha value is -2.67. The van der Waals surface area contributed by atoms with E-state index in [4.69, 9.17) is 0 Å². The standard InChI is InChI=1S/C22H25N3O3S/c1-15(26)23-18-8-6-16(7-9-18)21(27)25-11-2-4-17-14-24(12-10-19(17)25)22(28)20-5-3-13-29-20/h3,5-9,13,17,19H,2,4,10-12,14H2,1H3,(H,23,26)/t17-,19+/m1/s1. The molecule has 1 aromatic heterocycles. The number of anilines is 1. The molecule has 2 saturated heterocycles. The highest BCUT2D eigenvalue weighted by atomic mass is 32.1. The number of amides is 3. The first kappa shape index (κ1) is 19.6. The minimum Gasteiger partial charge on any atom is -0.338 e. The van der Waals surface area contributed by atoms with E-state index in [0.717, 1.165) is 30.7 Å².